The van der Waals surface area contributed by atoms with Gasteiger partial charge in [-0.15, -0.1) is 0 Å². The van der Waals surface area contributed by atoms with E-state index in [0.717, 1.165) is 10.9 Å². The Hall–Kier alpha value is -0.0400. The predicted octanol–water partition coefficient (Wildman–Crippen LogP) is 3.50. The first-order chi connectivity index (χ1) is 9.84. The largest absolute Gasteiger partial charge is 0.385 e. The van der Waals surface area contributed by atoms with E-state index >= 15 is 0 Å². The van der Waals surface area contributed by atoms with E-state index in [0.29, 0.717) is 18.7 Å². The lowest BCUT2D eigenvalue weighted by molar-refractivity contribution is 0.0929. The number of hydrogen-bond acceptors (Lipinski definition) is 3. The zero-order valence-corrected chi connectivity index (χ0v) is 15.2. The van der Waals surface area contributed by atoms with Crippen LogP contribution in [0.25, 0.3) is 0 Å². The summed E-state index contributed by atoms with van der Waals surface area (Å²) < 4.78 is 4.17. The lowest BCUT2D eigenvalue weighted by Crippen LogP contribution is -2.53. The van der Waals surface area contributed by atoms with Crippen molar-refractivity contribution in [1.29, 1.82) is 0 Å². The summed E-state index contributed by atoms with van der Waals surface area (Å²) in [7, 11) is 1.61. The summed E-state index contributed by atoms with van der Waals surface area (Å²) in [5, 5.41) is 5.66. The highest BCUT2D eigenvalue weighted by atomic mass is 79.9. The molecule has 0 saturated carbocycles. The minimum Gasteiger partial charge on any atom is -0.385 e. The molecule has 2 N–H and O–H groups in total. The molecule has 4 nitrogen and oxygen atoms in total. The van der Waals surface area contributed by atoms with Crippen LogP contribution >= 0.6 is 50.7 Å². The first-order valence-electron chi connectivity index (χ1n) is 6.20. The Balaban J connectivity index is 2.63. The van der Waals surface area contributed by atoms with E-state index in [-0.39, 0.29) is 5.91 Å². The Bertz CT molecular complexity index is 452. The Kier molecular flexibility index (Phi) is 8.31. The molecule has 0 saturated heterocycles. The van der Waals surface area contributed by atoms with Gasteiger partial charge in [-0.05, 0) is 37.2 Å². The molecule has 8 heteroatoms. The fraction of sp³-hybridized carbons (Fsp3) is 0.462. The number of hydrogen-bond donors (Lipinski definition) is 2. The van der Waals surface area contributed by atoms with Gasteiger partial charge < -0.3 is 10.1 Å². The highest BCUT2D eigenvalue weighted by molar-refractivity contribution is 9.10. The average Bonchev–Trinajstić information content (AvgIpc) is 2.41. The maximum atomic E-state index is 12.1. The molecule has 0 bridgehead atoms. The summed E-state index contributed by atoms with van der Waals surface area (Å²) in [4.78, 5) is 12.1. The van der Waals surface area contributed by atoms with Gasteiger partial charge in [0.1, 0.15) is 6.17 Å². The Morgan fingerprint density at radius 3 is 2.48 bits per heavy atom. The SMILES string of the molecule is COCCCN[C@@H](NC(=O)c1ccc(Br)cc1)C(Cl)(Cl)Cl. The zero-order valence-electron chi connectivity index (χ0n) is 11.3. The Morgan fingerprint density at radius 1 is 1.33 bits per heavy atom. The quantitative estimate of drug-likeness (QED) is 0.405. The molecule has 1 atom stereocenters. The maximum Gasteiger partial charge on any atom is 0.252 e. The van der Waals surface area contributed by atoms with Crippen LogP contribution < -0.4 is 10.6 Å². The molecular formula is C13H16BrCl3N2O2. The molecule has 0 spiro atoms. The van der Waals surface area contributed by atoms with E-state index in [1.54, 1.807) is 31.4 Å². The number of rotatable bonds is 7. The topological polar surface area (TPSA) is 50.4 Å². The van der Waals surface area contributed by atoms with Crippen molar-refractivity contribution >= 4 is 56.6 Å². The fourth-order valence-electron chi connectivity index (χ4n) is 1.53. The van der Waals surface area contributed by atoms with Gasteiger partial charge in [-0.25, -0.2) is 0 Å². The molecule has 1 aromatic carbocycles. The van der Waals surface area contributed by atoms with Crippen LogP contribution in [0.4, 0.5) is 0 Å². The second-order valence-electron chi connectivity index (χ2n) is 4.26. The van der Waals surface area contributed by atoms with Crippen LogP contribution in [-0.2, 0) is 4.74 Å². The highest BCUT2D eigenvalue weighted by Gasteiger charge is 2.33. The second-order valence-corrected chi connectivity index (χ2v) is 7.54. The number of carbonyl (C=O) groups is 1. The van der Waals surface area contributed by atoms with E-state index in [4.69, 9.17) is 39.5 Å². The minimum absolute atomic E-state index is 0.321. The molecule has 0 aromatic heterocycles. The van der Waals surface area contributed by atoms with Crippen molar-refractivity contribution in [2.75, 3.05) is 20.3 Å². The number of nitrogens with one attached hydrogen (secondary N) is 2. The number of methoxy groups -OCH3 is 1. The number of alkyl halides is 3. The molecule has 0 heterocycles. The van der Waals surface area contributed by atoms with Crippen molar-refractivity contribution in [2.45, 2.75) is 16.4 Å². The van der Waals surface area contributed by atoms with Crippen LogP contribution in [-0.4, -0.2) is 36.1 Å². The third-order valence-electron chi connectivity index (χ3n) is 2.58. The highest BCUT2D eigenvalue weighted by Crippen LogP contribution is 2.29. The summed E-state index contributed by atoms with van der Waals surface area (Å²) in [6.45, 7) is 1.13. The van der Waals surface area contributed by atoms with Crippen molar-refractivity contribution in [3.63, 3.8) is 0 Å². The molecular weight excluding hydrogens is 402 g/mol. The van der Waals surface area contributed by atoms with Crippen LogP contribution in [0.2, 0.25) is 0 Å². The van der Waals surface area contributed by atoms with E-state index in [2.05, 4.69) is 26.6 Å². The molecule has 0 aliphatic carbocycles. The van der Waals surface area contributed by atoms with Crippen molar-refractivity contribution in [2.24, 2.45) is 0 Å². The van der Waals surface area contributed by atoms with Crippen LogP contribution in [0, 0.1) is 0 Å². The summed E-state index contributed by atoms with van der Waals surface area (Å²) in [6.07, 6.45) is -0.0578. The fourth-order valence-corrected chi connectivity index (χ4v) is 2.19. The number of amides is 1. The molecule has 0 unspecified atom stereocenters. The van der Waals surface area contributed by atoms with Gasteiger partial charge in [-0.2, -0.15) is 0 Å². The van der Waals surface area contributed by atoms with Crippen molar-refractivity contribution < 1.29 is 9.53 Å². The van der Waals surface area contributed by atoms with Crippen molar-refractivity contribution in [3.05, 3.63) is 34.3 Å². The van der Waals surface area contributed by atoms with Gasteiger partial charge in [0.15, 0.2) is 0 Å². The molecule has 0 aliphatic rings. The number of carbonyl (C=O) groups excluding carboxylic acids is 1. The summed E-state index contributed by atoms with van der Waals surface area (Å²) in [5.41, 5.74) is 0.483. The van der Waals surface area contributed by atoms with Crippen molar-refractivity contribution in [3.8, 4) is 0 Å². The van der Waals surface area contributed by atoms with E-state index < -0.39 is 9.96 Å². The third-order valence-corrected chi connectivity index (χ3v) is 3.77. The maximum absolute atomic E-state index is 12.1. The molecule has 1 rings (SSSR count). The van der Waals surface area contributed by atoms with Gasteiger partial charge in [0.2, 0.25) is 3.79 Å². The predicted molar refractivity (Wildman–Crippen MR) is 90.2 cm³/mol. The summed E-state index contributed by atoms with van der Waals surface area (Å²) in [6, 6.07) is 6.90. The Morgan fingerprint density at radius 2 is 1.95 bits per heavy atom. The molecule has 1 aromatic rings. The monoisotopic (exact) mass is 416 g/mol. The third kappa shape index (κ3) is 7.17. The summed E-state index contributed by atoms with van der Waals surface area (Å²) in [5.74, 6) is -0.321. The molecule has 0 fully saturated rings. The first-order valence-corrected chi connectivity index (χ1v) is 8.12. The smallest absolute Gasteiger partial charge is 0.252 e. The second kappa shape index (κ2) is 9.18. The van der Waals surface area contributed by atoms with Gasteiger partial charge in [0, 0.05) is 23.8 Å². The molecule has 21 heavy (non-hydrogen) atoms. The molecule has 1 amide bonds. The van der Waals surface area contributed by atoms with Crippen molar-refractivity contribution in [1.82, 2.24) is 10.6 Å². The van der Waals surface area contributed by atoms with E-state index in [1.807, 2.05) is 0 Å². The van der Waals surface area contributed by atoms with Gasteiger partial charge >= 0.3 is 0 Å². The van der Waals surface area contributed by atoms with Crippen LogP contribution in [0.15, 0.2) is 28.7 Å². The normalized spacial score (nSPS) is 13.0. The van der Waals surface area contributed by atoms with Gasteiger partial charge in [-0.3, -0.25) is 10.1 Å². The van der Waals surface area contributed by atoms with Gasteiger partial charge in [-0.1, -0.05) is 50.7 Å². The van der Waals surface area contributed by atoms with Gasteiger partial charge in [0.25, 0.3) is 5.91 Å². The van der Waals surface area contributed by atoms with Gasteiger partial charge in [0.05, 0.1) is 0 Å². The zero-order chi connectivity index (χ0) is 15.9. The van der Waals surface area contributed by atoms with E-state index in [1.165, 1.54) is 0 Å². The average molecular weight is 419 g/mol. The first kappa shape index (κ1) is 19.0. The molecule has 0 radical (unpaired) electrons. The molecule has 0 aliphatic heterocycles. The minimum atomic E-state index is -1.65. The Labute approximate surface area is 147 Å². The lowest BCUT2D eigenvalue weighted by atomic mass is 10.2. The molecule has 118 valence electrons. The van der Waals surface area contributed by atoms with E-state index in [9.17, 15) is 4.79 Å². The number of halogens is 4. The standard InChI is InChI=1S/C13H16BrCl3N2O2/c1-21-8-2-7-18-12(13(15,16)17)19-11(20)9-3-5-10(14)6-4-9/h3-6,12,18H,2,7-8H2,1H3,(H,19,20)/t12-/m0/s1. The van der Waals surface area contributed by atoms with Crippen LogP contribution in [0.3, 0.4) is 0 Å². The van der Waals surface area contributed by atoms with Crippen LogP contribution in [0.5, 0.6) is 0 Å². The van der Waals surface area contributed by atoms with Crippen LogP contribution in [0.1, 0.15) is 16.8 Å². The number of benzene rings is 1. The summed E-state index contributed by atoms with van der Waals surface area (Å²) >= 11 is 21.0. The number of ether oxygens (including phenoxy) is 1. The lowest BCUT2D eigenvalue weighted by Gasteiger charge is -2.26.